The molecule has 1 atom stereocenters. The topological polar surface area (TPSA) is 71.1 Å². The Morgan fingerprint density at radius 2 is 2.39 bits per heavy atom. The predicted molar refractivity (Wildman–Crippen MR) is 66.5 cm³/mol. The first-order chi connectivity index (χ1) is 8.63. The maximum absolute atomic E-state index is 13.2. The molecule has 1 fully saturated rings. The Labute approximate surface area is 105 Å². The molecule has 1 aromatic carbocycles. The lowest BCUT2D eigenvalue weighted by atomic mass is 10.1. The first kappa shape index (κ1) is 12.6. The maximum Gasteiger partial charge on any atom is 0.172 e. The Hall–Kier alpha value is -1.82. The second-order valence-corrected chi connectivity index (χ2v) is 4.28. The van der Waals surface area contributed by atoms with Crippen LogP contribution in [-0.2, 0) is 4.74 Å². The fraction of sp³-hybridized carbons (Fsp3) is 0.417. The molecule has 1 unspecified atom stereocenters. The van der Waals surface area contributed by atoms with Gasteiger partial charge in [-0.1, -0.05) is 5.16 Å². The van der Waals surface area contributed by atoms with E-state index < -0.39 is 5.82 Å². The molecule has 0 aliphatic carbocycles. The van der Waals surface area contributed by atoms with Gasteiger partial charge < -0.3 is 20.6 Å². The Bertz CT molecular complexity index is 459. The molecule has 98 valence electrons. The first-order valence-electron chi connectivity index (χ1n) is 5.71. The molecular formula is C12H16FN3O2. The van der Waals surface area contributed by atoms with Gasteiger partial charge in [-0.2, -0.15) is 0 Å². The average molecular weight is 253 g/mol. The van der Waals surface area contributed by atoms with E-state index >= 15 is 0 Å². The molecule has 1 aromatic rings. The van der Waals surface area contributed by atoms with Gasteiger partial charge in [-0.15, -0.1) is 0 Å². The monoisotopic (exact) mass is 253 g/mol. The molecule has 1 aliphatic rings. The summed E-state index contributed by atoms with van der Waals surface area (Å²) >= 11 is 0. The molecule has 3 N–H and O–H groups in total. The van der Waals surface area contributed by atoms with Gasteiger partial charge in [-0.25, -0.2) is 4.39 Å². The zero-order chi connectivity index (χ0) is 13.1. The lowest BCUT2D eigenvalue weighted by Gasteiger charge is -2.27. The van der Waals surface area contributed by atoms with Gasteiger partial charge in [0, 0.05) is 24.9 Å². The Morgan fingerprint density at radius 1 is 1.61 bits per heavy atom. The summed E-state index contributed by atoms with van der Waals surface area (Å²) in [6.07, 6.45) is 0.906. The van der Waals surface area contributed by atoms with Gasteiger partial charge in [0.2, 0.25) is 0 Å². The summed E-state index contributed by atoms with van der Waals surface area (Å²) in [5, 5.41) is 11.7. The molecule has 1 aliphatic heterocycles. The van der Waals surface area contributed by atoms with Crippen LogP contribution in [0.5, 0.6) is 0 Å². The van der Waals surface area contributed by atoms with Crippen LogP contribution in [0.25, 0.3) is 0 Å². The van der Waals surface area contributed by atoms with Crippen molar-refractivity contribution in [3.05, 3.63) is 29.6 Å². The molecule has 0 radical (unpaired) electrons. The van der Waals surface area contributed by atoms with E-state index in [2.05, 4.69) is 5.16 Å². The number of anilines is 1. The summed E-state index contributed by atoms with van der Waals surface area (Å²) in [6.45, 7) is 1.35. The molecule has 0 spiro atoms. The second-order valence-electron chi connectivity index (χ2n) is 4.28. The highest BCUT2D eigenvalue weighted by Gasteiger charge is 2.23. The molecule has 1 heterocycles. The highest BCUT2D eigenvalue weighted by Crippen LogP contribution is 2.25. The fourth-order valence-corrected chi connectivity index (χ4v) is 2.10. The van der Waals surface area contributed by atoms with Crippen LogP contribution in [0, 0.1) is 5.82 Å². The van der Waals surface area contributed by atoms with Gasteiger partial charge >= 0.3 is 0 Å². The second kappa shape index (κ2) is 5.22. The number of hydrogen-bond donors (Lipinski definition) is 2. The van der Waals surface area contributed by atoms with Crippen molar-refractivity contribution in [2.75, 3.05) is 25.2 Å². The van der Waals surface area contributed by atoms with Gasteiger partial charge in [0.25, 0.3) is 0 Å². The van der Waals surface area contributed by atoms with Crippen LogP contribution in [0.3, 0.4) is 0 Å². The summed E-state index contributed by atoms with van der Waals surface area (Å²) < 4.78 is 18.6. The SMILES string of the molecule is CN(c1ccc(F)cc1/C(N)=N/O)C1CCOC1. The Morgan fingerprint density at radius 3 is 3.00 bits per heavy atom. The molecular weight excluding hydrogens is 237 g/mol. The minimum atomic E-state index is -0.420. The number of hydrogen-bond acceptors (Lipinski definition) is 4. The van der Waals surface area contributed by atoms with Crippen molar-refractivity contribution in [1.29, 1.82) is 0 Å². The van der Waals surface area contributed by atoms with Crippen molar-refractivity contribution < 1.29 is 14.3 Å². The van der Waals surface area contributed by atoms with Gasteiger partial charge in [0.1, 0.15) is 5.82 Å². The zero-order valence-electron chi connectivity index (χ0n) is 10.1. The number of benzene rings is 1. The van der Waals surface area contributed by atoms with Crippen LogP contribution >= 0.6 is 0 Å². The standard InChI is InChI=1S/C12H16FN3O2/c1-16(9-4-5-18-7-9)11-3-2-8(13)6-10(11)12(14)15-17/h2-3,6,9,17H,4-5,7H2,1H3,(H2,14,15). The van der Waals surface area contributed by atoms with Crippen LogP contribution in [0.4, 0.5) is 10.1 Å². The molecule has 1 saturated heterocycles. The summed E-state index contributed by atoms with van der Waals surface area (Å²) in [5.74, 6) is -0.522. The van der Waals surface area contributed by atoms with Crippen LogP contribution in [0.15, 0.2) is 23.4 Å². The van der Waals surface area contributed by atoms with Gasteiger partial charge in [-0.05, 0) is 24.6 Å². The van der Waals surface area contributed by atoms with Crippen molar-refractivity contribution in [2.45, 2.75) is 12.5 Å². The van der Waals surface area contributed by atoms with E-state index in [0.717, 1.165) is 18.7 Å². The van der Waals surface area contributed by atoms with Crippen molar-refractivity contribution >= 4 is 11.5 Å². The molecule has 0 amide bonds. The minimum Gasteiger partial charge on any atom is -0.409 e. The van der Waals surface area contributed by atoms with Crippen molar-refractivity contribution in [1.82, 2.24) is 0 Å². The number of likely N-dealkylation sites (N-methyl/N-ethyl adjacent to an activating group) is 1. The summed E-state index contributed by atoms with van der Waals surface area (Å²) in [7, 11) is 1.89. The summed E-state index contributed by atoms with van der Waals surface area (Å²) in [6, 6.07) is 4.47. The van der Waals surface area contributed by atoms with Gasteiger partial charge in [0.15, 0.2) is 5.84 Å². The van der Waals surface area contributed by atoms with Gasteiger partial charge in [0.05, 0.1) is 12.6 Å². The first-order valence-corrected chi connectivity index (χ1v) is 5.71. The van der Waals surface area contributed by atoms with E-state index in [0.29, 0.717) is 12.2 Å². The number of ether oxygens (including phenoxy) is 1. The lowest BCUT2D eigenvalue weighted by molar-refractivity contribution is 0.193. The number of amidine groups is 1. The Balaban J connectivity index is 2.36. The normalized spacial score (nSPS) is 20.1. The van der Waals surface area contributed by atoms with Gasteiger partial charge in [-0.3, -0.25) is 0 Å². The van der Waals surface area contributed by atoms with E-state index in [4.69, 9.17) is 15.7 Å². The van der Waals surface area contributed by atoms with E-state index in [1.165, 1.54) is 12.1 Å². The quantitative estimate of drug-likeness (QED) is 0.367. The molecule has 5 nitrogen and oxygen atoms in total. The third kappa shape index (κ3) is 2.38. The highest BCUT2D eigenvalue weighted by atomic mass is 19.1. The highest BCUT2D eigenvalue weighted by molar-refractivity contribution is 6.02. The van der Waals surface area contributed by atoms with Crippen molar-refractivity contribution in [3.63, 3.8) is 0 Å². The number of nitrogens with two attached hydrogens (primary N) is 1. The molecule has 0 aromatic heterocycles. The van der Waals surface area contributed by atoms with Crippen LogP contribution < -0.4 is 10.6 Å². The average Bonchev–Trinajstić information content (AvgIpc) is 2.90. The van der Waals surface area contributed by atoms with Crippen molar-refractivity contribution in [2.24, 2.45) is 10.9 Å². The minimum absolute atomic E-state index is 0.102. The Kier molecular flexibility index (Phi) is 3.66. The summed E-state index contributed by atoms with van der Waals surface area (Å²) in [5.41, 5.74) is 6.68. The third-order valence-corrected chi connectivity index (χ3v) is 3.18. The van der Waals surface area contributed by atoms with Crippen LogP contribution in [0.1, 0.15) is 12.0 Å². The predicted octanol–water partition coefficient (Wildman–Crippen LogP) is 1.15. The van der Waals surface area contributed by atoms with Crippen molar-refractivity contribution in [3.8, 4) is 0 Å². The molecule has 2 rings (SSSR count). The van der Waals surface area contributed by atoms with E-state index in [-0.39, 0.29) is 11.9 Å². The smallest absolute Gasteiger partial charge is 0.172 e. The van der Waals surface area contributed by atoms with Crippen LogP contribution in [-0.4, -0.2) is 37.3 Å². The third-order valence-electron chi connectivity index (χ3n) is 3.18. The molecule has 0 bridgehead atoms. The number of rotatable bonds is 3. The zero-order valence-corrected chi connectivity index (χ0v) is 10.1. The molecule has 0 saturated carbocycles. The van der Waals surface area contributed by atoms with Crippen LogP contribution in [0.2, 0.25) is 0 Å². The number of oxime groups is 1. The molecule has 6 heteroatoms. The lowest BCUT2D eigenvalue weighted by Crippen LogP contribution is -2.33. The molecule has 18 heavy (non-hydrogen) atoms. The van der Waals surface area contributed by atoms with E-state index in [1.54, 1.807) is 6.07 Å². The number of nitrogens with zero attached hydrogens (tertiary/aromatic N) is 2. The van der Waals surface area contributed by atoms with E-state index in [9.17, 15) is 4.39 Å². The fourth-order valence-electron chi connectivity index (χ4n) is 2.10. The maximum atomic E-state index is 13.2. The summed E-state index contributed by atoms with van der Waals surface area (Å²) in [4.78, 5) is 1.97. The largest absolute Gasteiger partial charge is 0.409 e. The van der Waals surface area contributed by atoms with E-state index in [1.807, 2.05) is 11.9 Å². The number of halogens is 1.